The summed E-state index contributed by atoms with van der Waals surface area (Å²) in [6.45, 7) is 7.24. The second-order valence-electron chi connectivity index (χ2n) is 5.28. The second kappa shape index (κ2) is 9.01. The lowest BCUT2D eigenvalue weighted by Gasteiger charge is -2.06. The Hall–Kier alpha value is -2.12. The molecule has 0 atom stereocenters. The molecule has 0 heterocycles. The molecule has 1 heteroatoms. The van der Waals surface area contributed by atoms with Gasteiger partial charge in [0.05, 0.1) is 13.2 Å². The second-order valence-corrected chi connectivity index (χ2v) is 5.28. The van der Waals surface area contributed by atoms with Gasteiger partial charge in [0, 0.05) is 0 Å². The van der Waals surface area contributed by atoms with E-state index in [1.807, 2.05) is 6.08 Å². The molecule has 0 bridgehead atoms. The van der Waals surface area contributed by atoms with Crippen LogP contribution in [0.1, 0.15) is 24.5 Å². The molecular weight excluding hydrogens is 268 g/mol. The highest BCUT2D eigenvalue weighted by Gasteiger charge is 1.99. The molecule has 0 unspecified atom stereocenters. The summed E-state index contributed by atoms with van der Waals surface area (Å²) in [4.78, 5) is 0. The third-order valence-electron chi connectivity index (χ3n) is 3.51. The van der Waals surface area contributed by atoms with Crippen LogP contribution in [-0.2, 0) is 17.8 Å². The summed E-state index contributed by atoms with van der Waals surface area (Å²) in [6.07, 6.45) is 8.10. The van der Waals surface area contributed by atoms with Gasteiger partial charge in [-0.15, -0.1) is 6.58 Å². The Kier molecular flexibility index (Phi) is 6.66. The summed E-state index contributed by atoms with van der Waals surface area (Å²) < 4.78 is 5.61. The quantitative estimate of drug-likeness (QED) is 0.457. The van der Waals surface area contributed by atoms with Crippen molar-refractivity contribution < 1.29 is 4.74 Å². The van der Waals surface area contributed by atoms with E-state index in [0.717, 1.165) is 12.8 Å². The molecule has 0 aliphatic heterocycles. The van der Waals surface area contributed by atoms with E-state index >= 15 is 0 Å². The van der Waals surface area contributed by atoms with Crippen molar-refractivity contribution in [1.29, 1.82) is 0 Å². The van der Waals surface area contributed by atoms with Gasteiger partial charge >= 0.3 is 0 Å². The van der Waals surface area contributed by atoms with Crippen LogP contribution in [0.15, 0.2) is 73.3 Å². The molecular formula is C21H24O. The lowest BCUT2D eigenvalue weighted by atomic mass is 10.0. The summed E-state index contributed by atoms with van der Waals surface area (Å²) in [7, 11) is 0. The van der Waals surface area contributed by atoms with Crippen LogP contribution >= 0.6 is 0 Å². The van der Waals surface area contributed by atoms with Crippen LogP contribution in [0.3, 0.4) is 0 Å². The monoisotopic (exact) mass is 292 g/mol. The van der Waals surface area contributed by atoms with Crippen LogP contribution in [0.2, 0.25) is 0 Å². The van der Waals surface area contributed by atoms with Crippen molar-refractivity contribution in [3.05, 3.63) is 84.5 Å². The van der Waals surface area contributed by atoms with Crippen LogP contribution in [0.5, 0.6) is 0 Å². The SMILES string of the molecule is C=CCc1ccc(-c2ccc(COCC=CCC)cc2)cc1. The van der Waals surface area contributed by atoms with E-state index in [-0.39, 0.29) is 0 Å². The maximum absolute atomic E-state index is 5.61. The maximum atomic E-state index is 5.61. The molecule has 2 aromatic carbocycles. The van der Waals surface area contributed by atoms with Gasteiger partial charge in [0.15, 0.2) is 0 Å². The Morgan fingerprint density at radius 1 is 0.864 bits per heavy atom. The first-order chi connectivity index (χ1) is 10.8. The number of allylic oxidation sites excluding steroid dienone is 2. The van der Waals surface area contributed by atoms with Gasteiger partial charge < -0.3 is 4.74 Å². The van der Waals surface area contributed by atoms with Crippen molar-refractivity contribution in [2.24, 2.45) is 0 Å². The minimum atomic E-state index is 0.659. The van der Waals surface area contributed by atoms with Gasteiger partial charge in [-0.2, -0.15) is 0 Å². The Morgan fingerprint density at radius 3 is 2.00 bits per heavy atom. The van der Waals surface area contributed by atoms with Gasteiger partial charge in [0.25, 0.3) is 0 Å². The Labute approximate surface area is 134 Å². The van der Waals surface area contributed by atoms with Crippen molar-refractivity contribution in [3.63, 3.8) is 0 Å². The zero-order valence-corrected chi connectivity index (χ0v) is 13.3. The zero-order chi connectivity index (χ0) is 15.6. The molecule has 22 heavy (non-hydrogen) atoms. The fraction of sp³-hybridized carbons (Fsp3) is 0.238. The lowest BCUT2D eigenvalue weighted by Crippen LogP contribution is -1.92. The first-order valence-corrected chi connectivity index (χ1v) is 7.85. The van der Waals surface area contributed by atoms with Crippen LogP contribution in [0.25, 0.3) is 11.1 Å². The van der Waals surface area contributed by atoms with Crippen LogP contribution in [-0.4, -0.2) is 6.61 Å². The molecule has 0 saturated carbocycles. The number of hydrogen-bond acceptors (Lipinski definition) is 1. The van der Waals surface area contributed by atoms with E-state index in [9.17, 15) is 0 Å². The number of hydrogen-bond donors (Lipinski definition) is 0. The summed E-state index contributed by atoms with van der Waals surface area (Å²) in [5.74, 6) is 0. The Morgan fingerprint density at radius 2 is 1.45 bits per heavy atom. The van der Waals surface area contributed by atoms with Crippen LogP contribution in [0.4, 0.5) is 0 Å². The van der Waals surface area contributed by atoms with E-state index < -0.39 is 0 Å². The van der Waals surface area contributed by atoms with E-state index in [2.05, 4.69) is 74.2 Å². The molecule has 114 valence electrons. The lowest BCUT2D eigenvalue weighted by molar-refractivity contribution is 0.148. The van der Waals surface area contributed by atoms with Crippen molar-refractivity contribution in [2.45, 2.75) is 26.4 Å². The third kappa shape index (κ3) is 5.01. The van der Waals surface area contributed by atoms with Crippen LogP contribution in [0, 0.1) is 0 Å². The first-order valence-electron chi connectivity index (χ1n) is 7.85. The largest absolute Gasteiger partial charge is 0.373 e. The Bertz CT molecular complexity index is 591. The molecule has 0 aliphatic rings. The zero-order valence-electron chi connectivity index (χ0n) is 13.3. The molecule has 2 aromatic rings. The topological polar surface area (TPSA) is 9.23 Å². The predicted octanol–water partition coefficient (Wildman–Crippen LogP) is 5.56. The van der Waals surface area contributed by atoms with E-state index in [4.69, 9.17) is 4.74 Å². The molecule has 0 aliphatic carbocycles. The van der Waals surface area contributed by atoms with E-state index in [0.29, 0.717) is 13.2 Å². The fourth-order valence-electron chi connectivity index (χ4n) is 2.27. The average molecular weight is 292 g/mol. The molecule has 0 saturated heterocycles. The van der Waals surface area contributed by atoms with Gasteiger partial charge in [0.2, 0.25) is 0 Å². The van der Waals surface area contributed by atoms with E-state index in [1.165, 1.54) is 22.3 Å². The smallest absolute Gasteiger partial charge is 0.0721 e. The normalized spacial score (nSPS) is 11.0. The number of ether oxygens (including phenoxy) is 1. The summed E-state index contributed by atoms with van der Waals surface area (Å²) in [5, 5.41) is 0. The Balaban J connectivity index is 1.93. The van der Waals surface area contributed by atoms with Crippen molar-refractivity contribution in [3.8, 4) is 11.1 Å². The van der Waals surface area contributed by atoms with Crippen molar-refractivity contribution in [2.75, 3.05) is 6.61 Å². The molecule has 0 N–H and O–H groups in total. The van der Waals surface area contributed by atoms with Crippen LogP contribution < -0.4 is 0 Å². The van der Waals surface area contributed by atoms with Gasteiger partial charge in [-0.05, 0) is 35.1 Å². The number of rotatable bonds is 8. The molecule has 1 nitrogen and oxygen atoms in total. The van der Waals surface area contributed by atoms with Gasteiger partial charge in [0.1, 0.15) is 0 Å². The van der Waals surface area contributed by atoms with Gasteiger partial charge in [-0.3, -0.25) is 0 Å². The highest BCUT2D eigenvalue weighted by molar-refractivity contribution is 5.64. The molecule has 0 aromatic heterocycles. The minimum absolute atomic E-state index is 0.659. The highest BCUT2D eigenvalue weighted by Crippen LogP contribution is 2.21. The summed E-state index contributed by atoms with van der Waals surface area (Å²) in [6, 6.07) is 17.2. The van der Waals surface area contributed by atoms with Gasteiger partial charge in [-0.25, -0.2) is 0 Å². The highest BCUT2D eigenvalue weighted by atomic mass is 16.5. The van der Waals surface area contributed by atoms with Crippen molar-refractivity contribution >= 4 is 0 Å². The molecule has 0 radical (unpaired) electrons. The summed E-state index contributed by atoms with van der Waals surface area (Å²) in [5.41, 5.74) is 4.98. The molecule has 2 rings (SSSR count). The van der Waals surface area contributed by atoms with Gasteiger partial charge in [-0.1, -0.05) is 73.7 Å². The predicted molar refractivity (Wildman–Crippen MR) is 94.9 cm³/mol. The first kappa shape index (κ1) is 16.3. The fourth-order valence-corrected chi connectivity index (χ4v) is 2.27. The third-order valence-corrected chi connectivity index (χ3v) is 3.51. The number of benzene rings is 2. The molecule has 0 amide bonds. The summed E-state index contributed by atoms with van der Waals surface area (Å²) >= 11 is 0. The van der Waals surface area contributed by atoms with Crippen molar-refractivity contribution in [1.82, 2.24) is 0 Å². The standard InChI is InChI=1S/C21H24O/c1-3-5-6-16-22-17-19-10-14-21(15-11-19)20-12-8-18(7-4-2)9-13-20/h4-6,8-15H,2-3,7,16-17H2,1H3. The average Bonchev–Trinajstić information content (AvgIpc) is 2.56. The maximum Gasteiger partial charge on any atom is 0.0721 e. The molecule has 0 spiro atoms. The van der Waals surface area contributed by atoms with E-state index in [1.54, 1.807) is 0 Å². The molecule has 0 fully saturated rings. The minimum Gasteiger partial charge on any atom is -0.373 e.